The predicted molar refractivity (Wildman–Crippen MR) is 75.3 cm³/mol. The number of aromatic carboxylic acids is 1. The Labute approximate surface area is 117 Å². The first kappa shape index (κ1) is 13.0. The molecule has 0 atom stereocenters. The van der Waals surface area contributed by atoms with Crippen molar-refractivity contribution in [2.75, 3.05) is 5.32 Å². The third-order valence-electron chi connectivity index (χ3n) is 2.50. The largest absolute Gasteiger partial charge is 0.478 e. The standard InChI is InChI=1S/C12H11BrN2O2S/c1-7-11(18-6-15-7)5-14-10-3-2-8(13)4-9(10)12(16)17/h2-4,6,14H,5H2,1H3,(H,16,17). The molecule has 18 heavy (non-hydrogen) atoms. The monoisotopic (exact) mass is 326 g/mol. The zero-order chi connectivity index (χ0) is 13.1. The summed E-state index contributed by atoms with van der Waals surface area (Å²) in [5, 5.41) is 12.3. The number of halogens is 1. The van der Waals surface area contributed by atoms with Gasteiger partial charge in [-0.05, 0) is 25.1 Å². The maximum atomic E-state index is 11.1. The van der Waals surface area contributed by atoms with Crippen LogP contribution in [-0.2, 0) is 6.54 Å². The first-order valence-electron chi connectivity index (χ1n) is 5.23. The van der Waals surface area contributed by atoms with Crippen molar-refractivity contribution in [3.63, 3.8) is 0 Å². The Bertz CT molecular complexity index is 583. The highest BCUT2D eigenvalue weighted by atomic mass is 79.9. The van der Waals surface area contributed by atoms with E-state index in [9.17, 15) is 4.79 Å². The molecule has 0 bridgehead atoms. The van der Waals surface area contributed by atoms with E-state index in [2.05, 4.69) is 26.2 Å². The van der Waals surface area contributed by atoms with E-state index in [1.54, 1.807) is 29.0 Å². The molecule has 0 fully saturated rings. The van der Waals surface area contributed by atoms with Gasteiger partial charge in [-0.3, -0.25) is 0 Å². The van der Waals surface area contributed by atoms with Crippen LogP contribution in [0.3, 0.4) is 0 Å². The molecule has 2 rings (SSSR count). The SMILES string of the molecule is Cc1ncsc1CNc1ccc(Br)cc1C(=O)O. The summed E-state index contributed by atoms with van der Waals surface area (Å²) in [4.78, 5) is 16.4. The van der Waals surface area contributed by atoms with Gasteiger partial charge < -0.3 is 10.4 Å². The molecule has 0 spiro atoms. The predicted octanol–water partition coefficient (Wildman–Crippen LogP) is 3.52. The van der Waals surface area contributed by atoms with Crippen LogP contribution in [-0.4, -0.2) is 16.1 Å². The van der Waals surface area contributed by atoms with Crippen molar-refractivity contribution in [3.05, 3.63) is 44.3 Å². The van der Waals surface area contributed by atoms with Crippen LogP contribution in [0.5, 0.6) is 0 Å². The van der Waals surface area contributed by atoms with Crippen molar-refractivity contribution in [2.45, 2.75) is 13.5 Å². The van der Waals surface area contributed by atoms with Gasteiger partial charge in [-0.15, -0.1) is 11.3 Å². The molecule has 0 amide bonds. The third-order valence-corrected chi connectivity index (χ3v) is 3.92. The average molecular weight is 327 g/mol. The highest BCUT2D eigenvalue weighted by Gasteiger charge is 2.11. The smallest absolute Gasteiger partial charge is 0.337 e. The number of nitrogens with one attached hydrogen (secondary N) is 1. The number of aromatic nitrogens is 1. The van der Waals surface area contributed by atoms with E-state index in [-0.39, 0.29) is 5.56 Å². The van der Waals surface area contributed by atoms with Crippen molar-refractivity contribution in [3.8, 4) is 0 Å². The zero-order valence-electron chi connectivity index (χ0n) is 9.61. The second-order valence-corrected chi connectivity index (χ2v) is 5.56. The molecule has 1 aromatic carbocycles. The number of aryl methyl sites for hydroxylation is 1. The summed E-state index contributed by atoms with van der Waals surface area (Å²) in [6.07, 6.45) is 0. The van der Waals surface area contributed by atoms with Gasteiger partial charge in [-0.2, -0.15) is 0 Å². The Kier molecular flexibility index (Phi) is 3.98. The first-order valence-corrected chi connectivity index (χ1v) is 6.91. The summed E-state index contributed by atoms with van der Waals surface area (Å²) >= 11 is 4.82. The van der Waals surface area contributed by atoms with Gasteiger partial charge in [0.2, 0.25) is 0 Å². The molecule has 0 radical (unpaired) electrons. The quantitative estimate of drug-likeness (QED) is 0.902. The molecule has 0 aliphatic carbocycles. The maximum Gasteiger partial charge on any atom is 0.337 e. The fraction of sp³-hybridized carbons (Fsp3) is 0.167. The highest BCUT2D eigenvalue weighted by Crippen LogP contribution is 2.22. The number of carbonyl (C=O) groups is 1. The minimum absolute atomic E-state index is 0.256. The molecule has 2 N–H and O–H groups in total. The molecule has 6 heteroatoms. The lowest BCUT2D eigenvalue weighted by atomic mass is 10.2. The highest BCUT2D eigenvalue weighted by molar-refractivity contribution is 9.10. The average Bonchev–Trinajstić information content (AvgIpc) is 2.73. The van der Waals surface area contributed by atoms with E-state index in [1.165, 1.54) is 0 Å². The molecule has 1 aromatic heterocycles. The number of anilines is 1. The Hall–Kier alpha value is -1.40. The molecule has 0 aliphatic rings. The van der Waals surface area contributed by atoms with Gasteiger partial charge in [-0.1, -0.05) is 15.9 Å². The number of hydrogen-bond acceptors (Lipinski definition) is 4. The van der Waals surface area contributed by atoms with Gasteiger partial charge in [-0.25, -0.2) is 9.78 Å². The Morgan fingerprint density at radius 3 is 2.94 bits per heavy atom. The zero-order valence-corrected chi connectivity index (χ0v) is 12.0. The van der Waals surface area contributed by atoms with Gasteiger partial charge in [0.15, 0.2) is 0 Å². The molecule has 94 valence electrons. The summed E-state index contributed by atoms with van der Waals surface area (Å²) in [6, 6.07) is 5.16. The van der Waals surface area contributed by atoms with E-state index >= 15 is 0 Å². The normalized spacial score (nSPS) is 10.3. The number of carboxylic acids is 1. The molecule has 0 aliphatic heterocycles. The van der Waals surface area contributed by atoms with Crippen LogP contribution in [0, 0.1) is 6.92 Å². The van der Waals surface area contributed by atoms with E-state index in [0.29, 0.717) is 12.2 Å². The molecule has 4 nitrogen and oxygen atoms in total. The molecular weight excluding hydrogens is 316 g/mol. The Morgan fingerprint density at radius 1 is 1.56 bits per heavy atom. The second kappa shape index (κ2) is 5.49. The lowest BCUT2D eigenvalue weighted by Crippen LogP contribution is -2.06. The van der Waals surface area contributed by atoms with Crippen LogP contribution >= 0.6 is 27.3 Å². The van der Waals surface area contributed by atoms with Gasteiger partial charge in [0.05, 0.1) is 23.3 Å². The first-order chi connectivity index (χ1) is 8.58. The number of hydrogen-bond donors (Lipinski definition) is 2. The summed E-state index contributed by atoms with van der Waals surface area (Å²) in [5.41, 5.74) is 3.62. The number of rotatable bonds is 4. The number of thiazole rings is 1. The molecule has 2 aromatic rings. The summed E-state index contributed by atoms with van der Waals surface area (Å²) in [5.74, 6) is -0.945. The van der Waals surface area contributed by atoms with Gasteiger partial charge in [0.25, 0.3) is 0 Å². The molecule has 0 saturated carbocycles. The van der Waals surface area contributed by atoms with Crippen LogP contribution in [0.25, 0.3) is 0 Å². The van der Waals surface area contributed by atoms with Gasteiger partial charge in [0, 0.05) is 15.0 Å². The summed E-state index contributed by atoms with van der Waals surface area (Å²) < 4.78 is 0.749. The third kappa shape index (κ3) is 2.88. The molecule has 0 saturated heterocycles. The van der Waals surface area contributed by atoms with Crippen molar-refractivity contribution < 1.29 is 9.90 Å². The summed E-state index contributed by atoms with van der Waals surface area (Å²) in [6.45, 7) is 2.52. The van der Waals surface area contributed by atoms with Crippen LogP contribution in [0.2, 0.25) is 0 Å². The van der Waals surface area contributed by atoms with Crippen LogP contribution < -0.4 is 5.32 Å². The molecule has 0 unspecified atom stereocenters. The van der Waals surface area contributed by atoms with E-state index < -0.39 is 5.97 Å². The fourth-order valence-corrected chi connectivity index (χ4v) is 2.60. The van der Waals surface area contributed by atoms with E-state index in [4.69, 9.17) is 5.11 Å². The van der Waals surface area contributed by atoms with Gasteiger partial charge in [0.1, 0.15) is 0 Å². The Balaban J connectivity index is 2.19. The Morgan fingerprint density at radius 2 is 2.33 bits per heavy atom. The van der Waals surface area contributed by atoms with Crippen LogP contribution in [0.4, 0.5) is 5.69 Å². The van der Waals surface area contributed by atoms with Crippen LogP contribution in [0.1, 0.15) is 20.9 Å². The van der Waals surface area contributed by atoms with E-state index in [0.717, 1.165) is 15.0 Å². The lowest BCUT2D eigenvalue weighted by Gasteiger charge is -2.09. The van der Waals surface area contributed by atoms with Gasteiger partial charge >= 0.3 is 5.97 Å². The summed E-state index contributed by atoms with van der Waals surface area (Å²) in [7, 11) is 0. The van der Waals surface area contributed by atoms with E-state index in [1.807, 2.05) is 13.0 Å². The molecular formula is C12H11BrN2O2S. The number of benzene rings is 1. The number of carboxylic acid groups (broad SMARTS) is 1. The maximum absolute atomic E-state index is 11.1. The number of nitrogens with zero attached hydrogens (tertiary/aromatic N) is 1. The minimum Gasteiger partial charge on any atom is -0.478 e. The van der Waals surface area contributed by atoms with Crippen molar-refractivity contribution in [1.82, 2.24) is 4.98 Å². The van der Waals surface area contributed by atoms with Crippen molar-refractivity contribution >= 4 is 38.9 Å². The minimum atomic E-state index is -0.945. The molecule has 1 heterocycles. The second-order valence-electron chi connectivity index (χ2n) is 3.71. The lowest BCUT2D eigenvalue weighted by molar-refractivity contribution is 0.0698. The van der Waals surface area contributed by atoms with Crippen molar-refractivity contribution in [2.24, 2.45) is 0 Å². The van der Waals surface area contributed by atoms with Crippen molar-refractivity contribution in [1.29, 1.82) is 0 Å². The van der Waals surface area contributed by atoms with Crippen LogP contribution in [0.15, 0.2) is 28.2 Å². The fourth-order valence-electron chi connectivity index (χ4n) is 1.52. The topological polar surface area (TPSA) is 62.2 Å².